The summed E-state index contributed by atoms with van der Waals surface area (Å²) in [6.07, 6.45) is 2.13. The summed E-state index contributed by atoms with van der Waals surface area (Å²) in [6.45, 7) is 2.69. The average Bonchev–Trinajstić information content (AvgIpc) is 2.48. The Balaban J connectivity index is 2.05. The number of halogens is 1. The van der Waals surface area contributed by atoms with E-state index in [2.05, 4.69) is 21.2 Å². The molecule has 0 aromatic heterocycles. The Morgan fingerprint density at radius 2 is 2.15 bits per heavy atom. The van der Waals surface area contributed by atoms with Crippen molar-refractivity contribution in [3.63, 3.8) is 0 Å². The molecule has 1 saturated heterocycles. The fourth-order valence-corrected chi connectivity index (χ4v) is 3.01. The third kappa shape index (κ3) is 3.52. The summed E-state index contributed by atoms with van der Waals surface area (Å²) in [4.78, 5) is 14.5. The van der Waals surface area contributed by atoms with Crippen molar-refractivity contribution >= 4 is 21.8 Å². The highest BCUT2D eigenvalue weighted by Crippen LogP contribution is 2.26. The monoisotopic (exact) mass is 340 g/mol. The maximum atomic E-state index is 12.6. The first kappa shape index (κ1) is 15.3. The molecule has 4 nitrogen and oxygen atoms in total. The van der Waals surface area contributed by atoms with E-state index in [0.29, 0.717) is 17.2 Å². The first-order chi connectivity index (χ1) is 9.65. The third-order valence-electron chi connectivity index (χ3n) is 3.80. The minimum atomic E-state index is 0.0821. The van der Waals surface area contributed by atoms with Gasteiger partial charge in [0.2, 0.25) is 0 Å². The van der Waals surface area contributed by atoms with Gasteiger partial charge in [0.25, 0.3) is 5.91 Å². The maximum absolute atomic E-state index is 12.6. The predicted octanol–water partition coefficient (Wildman–Crippen LogP) is 2.53. The van der Waals surface area contributed by atoms with Crippen LogP contribution in [0, 0.1) is 5.92 Å². The molecular formula is C15H21BrN2O2. The van der Waals surface area contributed by atoms with Crippen LogP contribution in [0.15, 0.2) is 22.7 Å². The predicted molar refractivity (Wildman–Crippen MR) is 83.2 cm³/mol. The van der Waals surface area contributed by atoms with Gasteiger partial charge < -0.3 is 15.0 Å². The Morgan fingerprint density at radius 3 is 2.75 bits per heavy atom. The van der Waals surface area contributed by atoms with Crippen molar-refractivity contribution in [2.45, 2.75) is 12.8 Å². The lowest BCUT2D eigenvalue weighted by Crippen LogP contribution is -2.40. The average molecular weight is 341 g/mol. The molecule has 1 fully saturated rings. The molecule has 0 radical (unpaired) electrons. The Hall–Kier alpha value is -1.07. The van der Waals surface area contributed by atoms with E-state index in [0.717, 1.165) is 36.9 Å². The normalized spacial score (nSPS) is 16.2. The maximum Gasteiger partial charge on any atom is 0.255 e. The largest absolute Gasteiger partial charge is 0.497 e. The second kappa shape index (κ2) is 7.09. The Bertz CT molecular complexity index is 471. The van der Waals surface area contributed by atoms with Crippen molar-refractivity contribution in [2.75, 3.05) is 33.8 Å². The number of ether oxygens (including phenoxy) is 1. The molecule has 1 aromatic rings. The molecule has 0 saturated carbocycles. The summed E-state index contributed by atoms with van der Waals surface area (Å²) in [7, 11) is 3.59. The molecule has 1 aromatic carbocycles. The second-order valence-corrected chi connectivity index (χ2v) is 5.99. The minimum Gasteiger partial charge on any atom is -0.497 e. The molecule has 0 aliphatic carbocycles. The Labute approximate surface area is 128 Å². The lowest BCUT2D eigenvalue weighted by Gasteiger charge is -2.32. The van der Waals surface area contributed by atoms with Gasteiger partial charge in [0.05, 0.1) is 12.7 Å². The van der Waals surface area contributed by atoms with Crippen LogP contribution in [0.1, 0.15) is 23.2 Å². The molecule has 20 heavy (non-hydrogen) atoms. The number of methoxy groups -OCH3 is 1. The summed E-state index contributed by atoms with van der Waals surface area (Å²) in [5, 5.41) is 3.21. The number of carbonyl (C=O) groups is 1. The number of likely N-dealkylation sites (tertiary alicyclic amines) is 1. The molecule has 2 rings (SSSR count). The SMILES string of the molecule is CNCC1CCN(C(=O)c2cc(OC)ccc2Br)CC1. The van der Waals surface area contributed by atoms with Crippen molar-refractivity contribution in [2.24, 2.45) is 5.92 Å². The minimum absolute atomic E-state index is 0.0821. The number of hydrogen-bond acceptors (Lipinski definition) is 3. The smallest absolute Gasteiger partial charge is 0.255 e. The van der Waals surface area contributed by atoms with Crippen molar-refractivity contribution in [1.29, 1.82) is 0 Å². The van der Waals surface area contributed by atoms with E-state index >= 15 is 0 Å². The number of carbonyl (C=O) groups excluding carboxylic acids is 1. The molecule has 1 amide bonds. The molecule has 1 N–H and O–H groups in total. The summed E-state index contributed by atoms with van der Waals surface area (Å²) >= 11 is 3.45. The van der Waals surface area contributed by atoms with E-state index in [-0.39, 0.29) is 5.91 Å². The van der Waals surface area contributed by atoms with Gasteiger partial charge in [0.15, 0.2) is 0 Å². The Morgan fingerprint density at radius 1 is 1.45 bits per heavy atom. The lowest BCUT2D eigenvalue weighted by atomic mass is 9.96. The zero-order valence-corrected chi connectivity index (χ0v) is 13.6. The number of nitrogens with zero attached hydrogens (tertiary/aromatic N) is 1. The van der Waals surface area contributed by atoms with Crippen molar-refractivity contribution in [3.8, 4) is 5.75 Å². The number of hydrogen-bond donors (Lipinski definition) is 1. The van der Waals surface area contributed by atoms with Crippen LogP contribution in [-0.4, -0.2) is 44.6 Å². The molecule has 1 heterocycles. The van der Waals surface area contributed by atoms with Crippen LogP contribution in [0.3, 0.4) is 0 Å². The van der Waals surface area contributed by atoms with Crippen LogP contribution < -0.4 is 10.1 Å². The molecule has 0 unspecified atom stereocenters. The number of nitrogens with one attached hydrogen (secondary N) is 1. The summed E-state index contributed by atoms with van der Waals surface area (Å²) < 4.78 is 6.02. The van der Waals surface area contributed by atoms with Gasteiger partial charge in [-0.1, -0.05) is 0 Å². The summed E-state index contributed by atoms with van der Waals surface area (Å²) in [5.74, 6) is 1.47. The van der Waals surface area contributed by atoms with E-state index in [1.54, 1.807) is 13.2 Å². The van der Waals surface area contributed by atoms with Crippen LogP contribution in [0.5, 0.6) is 5.75 Å². The lowest BCUT2D eigenvalue weighted by molar-refractivity contribution is 0.0689. The molecule has 0 spiro atoms. The van der Waals surface area contributed by atoms with Gasteiger partial charge in [-0.15, -0.1) is 0 Å². The molecule has 0 atom stereocenters. The van der Waals surface area contributed by atoms with E-state index in [1.165, 1.54) is 0 Å². The zero-order chi connectivity index (χ0) is 14.5. The van der Waals surface area contributed by atoms with Crippen molar-refractivity contribution in [1.82, 2.24) is 10.2 Å². The van der Waals surface area contributed by atoms with Gasteiger partial charge in [0.1, 0.15) is 5.75 Å². The fourth-order valence-electron chi connectivity index (χ4n) is 2.59. The highest BCUT2D eigenvalue weighted by atomic mass is 79.9. The highest BCUT2D eigenvalue weighted by molar-refractivity contribution is 9.10. The topological polar surface area (TPSA) is 41.6 Å². The number of rotatable bonds is 4. The van der Waals surface area contributed by atoms with E-state index < -0.39 is 0 Å². The van der Waals surface area contributed by atoms with Crippen molar-refractivity contribution in [3.05, 3.63) is 28.2 Å². The van der Waals surface area contributed by atoms with Gasteiger partial charge in [-0.05, 0) is 66.5 Å². The molecule has 1 aliphatic rings. The van der Waals surface area contributed by atoms with E-state index in [1.807, 2.05) is 24.1 Å². The van der Waals surface area contributed by atoms with Gasteiger partial charge in [-0.2, -0.15) is 0 Å². The first-order valence-electron chi connectivity index (χ1n) is 6.93. The third-order valence-corrected chi connectivity index (χ3v) is 4.49. The number of amides is 1. The first-order valence-corrected chi connectivity index (χ1v) is 7.72. The van der Waals surface area contributed by atoms with Crippen molar-refractivity contribution < 1.29 is 9.53 Å². The Kier molecular flexibility index (Phi) is 5.43. The van der Waals surface area contributed by atoms with Gasteiger partial charge in [0, 0.05) is 17.6 Å². The van der Waals surface area contributed by atoms with Crippen LogP contribution in [-0.2, 0) is 0 Å². The van der Waals surface area contributed by atoms with Gasteiger partial charge >= 0.3 is 0 Å². The molecular weight excluding hydrogens is 320 g/mol. The number of benzene rings is 1. The molecule has 0 bridgehead atoms. The molecule has 5 heteroatoms. The quantitative estimate of drug-likeness (QED) is 0.915. The van der Waals surface area contributed by atoms with E-state index in [4.69, 9.17) is 4.74 Å². The molecule has 1 aliphatic heterocycles. The van der Waals surface area contributed by atoms with Crippen LogP contribution in [0.25, 0.3) is 0 Å². The standard InChI is InChI=1S/C15H21BrN2O2/c1-17-10-11-5-7-18(8-6-11)15(19)13-9-12(20-2)3-4-14(13)16/h3-4,9,11,17H,5-8,10H2,1-2H3. The van der Waals surface area contributed by atoms with Crippen LogP contribution >= 0.6 is 15.9 Å². The summed E-state index contributed by atoms with van der Waals surface area (Å²) in [5.41, 5.74) is 0.677. The van der Waals surface area contributed by atoms with E-state index in [9.17, 15) is 4.79 Å². The zero-order valence-electron chi connectivity index (χ0n) is 12.0. The fraction of sp³-hybridized carbons (Fsp3) is 0.533. The molecule has 110 valence electrons. The van der Waals surface area contributed by atoms with Gasteiger partial charge in [-0.3, -0.25) is 4.79 Å². The van der Waals surface area contributed by atoms with Gasteiger partial charge in [-0.25, -0.2) is 0 Å². The summed E-state index contributed by atoms with van der Waals surface area (Å²) in [6, 6.07) is 5.51. The van der Waals surface area contributed by atoms with Crippen LogP contribution in [0.4, 0.5) is 0 Å². The van der Waals surface area contributed by atoms with Crippen LogP contribution in [0.2, 0.25) is 0 Å². The highest BCUT2D eigenvalue weighted by Gasteiger charge is 2.24. The second-order valence-electron chi connectivity index (χ2n) is 5.14. The number of piperidine rings is 1.